The summed E-state index contributed by atoms with van der Waals surface area (Å²) >= 11 is 3.33. The first-order valence-corrected chi connectivity index (χ1v) is 4.97. The molecule has 0 aromatic carbocycles. The minimum atomic E-state index is 0.380. The molecule has 0 aliphatic heterocycles. The molecule has 1 aromatic heterocycles. The third kappa shape index (κ3) is 2.55. The van der Waals surface area contributed by atoms with Gasteiger partial charge in [-0.3, -0.25) is 0 Å². The van der Waals surface area contributed by atoms with E-state index in [4.69, 9.17) is 5.73 Å². The highest BCUT2D eigenvalue weighted by Crippen LogP contribution is 2.24. The second-order valence-electron chi connectivity index (χ2n) is 2.88. The fraction of sp³-hybridized carbons (Fsp3) is 0.500. The molecule has 0 saturated carbocycles. The minimum absolute atomic E-state index is 0.380. The van der Waals surface area contributed by atoms with Gasteiger partial charge in [0, 0.05) is 6.04 Å². The molecule has 0 amide bonds. The molecule has 0 saturated heterocycles. The summed E-state index contributed by atoms with van der Waals surface area (Å²) in [6, 6.07) is 0.380. The highest BCUT2D eigenvalue weighted by Gasteiger charge is 2.07. The zero-order valence-electron chi connectivity index (χ0n) is 7.71. The number of rotatable bonds is 3. The van der Waals surface area contributed by atoms with Crippen molar-refractivity contribution < 1.29 is 0 Å². The molecule has 1 unspecified atom stereocenters. The molecule has 0 fully saturated rings. The molecule has 1 atom stereocenters. The SMILES string of the molecule is CCC(C)Nc1ncnc(N)c1Br. The van der Waals surface area contributed by atoms with Crippen molar-refractivity contribution in [1.82, 2.24) is 9.97 Å². The molecule has 0 aliphatic carbocycles. The molecule has 5 heteroatoms. The molecule has 0 radical (unpaired) electrons. The van der Waals surface area contributed by atoms with E-state index < -0.39 is 0 Å². The summed E-state index contributed by atoms with van der Waals surface area (Å²) in [4.78, 5) is 7.93. The summed E-state index contributed by atoms with van der Waals surface area (Å²) in [5.74, 6) is 1.21. The van der Waals surface area contributed by atoms with Crippen LogP contribution in [0.5, 0.6) is 0 Å². The van der Waals surface area contributed by atoms with E-state index in [1.165, 1.54) is 6.33 Å². The second-order valence-corrected chi connectivity index (χ2v) is 3.67. The lowest BCUT2D eigenvalue weighted by Crippen LogP contribution is -2.15. The second kappa shape index (κ2) is 4.41. The molecule has 1 aromatic rings. The maximum absolute atomic E-state index is 5.60. The van der Waals surface area contributed by atoms with E-state index >= 15 is 0 Å². The van der Waals surface area contributed by atoms with Crippen LogP contribution in [0.2, 0.25) is 0 Å². The number of nitrogens with one attached hydrogen (secondary N) is 1. The first kappa shape index (κ1) is 10.2. The first-order valence-electron chi connectivity index (χ1n) is 4.17. The van der Waals surface area contributed by atoms with Crippen LogP contribution >= 0.6 is 15.9 Å². The highest BCUT2D eigenvalue weighted by atomic mass is 79.9. The number of nitrogen functional groups attached to an aromatic ring is 1. The first-order chi connectivity index (χ1) is 6.15. The van der Waals surface area contributed by atoms with E-state index in [1.807, 2.05) is 0 Å². The summed E-state index contributed by atoms with van der Waals surface area (Å²) in [5, 5.41) is 3.22. The number of anilines is 2. The molecule has 13 heavy (non-hydrogen) atoms. The van der Waals surface area contributed by atoms with Gasteiger partial charge in [-0.15, -0.1) is 0 Å². The van der Waals surface area contributed by atoms with Gasteiger partial charge in [0.15, 0.2) is 0 Å². The van der Waals surface area contributed by atoms with E-state index in [2.05, 4.69) is 45.1 Å². The zero-order chi connectivity index (χ0) is 9.84. The fourth-order valence-electron chi connectivity index (χ4n) is 0.820. The fourth-order valence-corrected chi connectivity index (χ4v) is 1.14. The van der Waals surface area contributed by atoms with Crippen LogP contribution in [0.4, 0.5) is 11.6 Å². The van der Waals surface area contributed by atoms with Crippen molar-refractivity contribution in [2.24, 2.45) is 0 Å². The van der Waals surface area contributed by atoms with Crippen molar-refractivity contribution in [3.8, 4) is 0 Å². The van der Waals surface area contributed by atoms with Crippen LogP contribution in [0, 0.1) is 0 Å². The molecule has 4 nitrogen and oxygen atoms in total. The minimum Gasteiger partial charge on any atom is -0.383 e. The van der Waals surface area contributed by atoms with Gasteiger partial charge < -0.3 is 11.1 Å². The van der Waals surface area contributed by atoms with Gasteiger partial charge in [0.25, 0.3) is 0 Å². The van der Waals surface area contributed by atoms with Gasteiger partial charge in [-0.1, -0.05) is 6.92 Å². The van der Waals surface area contributed by atoms with Crippen LogP contribution in [0.25, 0.3) is 0 Å². The van der Waals surface area contributed by atoms with Gasteiger partial charge in [-0.05, 0) is 29.3 Å². The lowest BCUT2D eigenvalue weighted by Gasteiger charge is -2.13. The van der Waals surface area contributed by atoms with Crippen LogP contribution in [0.1, 0.15) is 20.3 Å². The molecular formula is C8H13BrN4. The number of hydrogen-bond donors (Lipinski definition) is 2. The Morgan fingerprint density at radius 1 is 1.62 bits per heavy atom. The van der Waals surface area contributed by atoms with Crippen LogP contribution in [-0.4, -0.2) is 16.0 Å². The van der Waals surface area contributed by atoms with Gasteiger partial charge >= 0.3 is 0 Å². The average Bonchev–Trinajstić information content (AvgIpc) is 2.13. The maximum atomic E-state index is 5.60. The number of aromatic nitrogens is 2. The van der Waals surface area contributed by atoms with E-state index in [0.717, 1.165) is 16.7 Å². The number of halogens is 1. The maximum Gasteiger partial charge on any atom is 0.146 e. The molecule has 3 N–H and O–H groups in total. The predicted molar refractivity (Wildman–Crippen MR) is 57.5 cm³/mol. The Hall–Kier alpha value is -0.840. The third-order valence-corrected chi connectivity index (χ3v) is 2.59. The molecule has 72 valence electrons. The lowest BCUT2D eigenvalue weighted by molar-refractivity contribution is 0.757. The molecule has 1 heterocycles. The molecule has 0 spiro atoms. The van der Waals surface area contributed by atoms with Crippen molar-refractivity contribution >= 4 is 27.6 Å². The van der Waals surface area contributed by atoms with Crippen molar-refractivity contribution in [3.63, 3.8) is 0 Å². The zero-order valence-corrected chi connectivity index (χ0v) is 9.30. The van der Waals surface area contributed by atoms with Crippen LogP contribution in [-0.2, 0) is 0 Å². The normalized spacial score (nSPS) is 12.5. The van der Waals surface area contributed by atoms with Crippen molar-refractivity contribution in [3.05, 3.63) is 10.8 Å². The van der Waals surface area contributed by atoms with E-state index in [-0.39, 0.29) is 0 Å². The van der Waals surface area contributed by atoms with E-state index in [0.29, 0.717) is 11.9 Å². The average molecular weight is 245 g/mol. The monoisotopic (exact) mass is 244 g/mol. The summed E-state index contributed by atoms with van der Waals surface area (Å²) in [5.41, 5.74) is 5.60. The predicted octanol–water partition coefficient (Wildman–Crippen LogP) is 2.03. The van der Waals surface area contributed by atoms with Crippen LogP contribution in [0.15, 0.2) is 10.8 Å². The third-order valence-electron chi connectivity index (χ3n) is 1.81. The van der Waals surface area contributed by atoms with Crippen molar-refractivity contribution in [2.45, 2.75) is 26.3 Å². The Morgan fingerprint density at radius 3 is 2.92 bits per heavy atom. The summed E-state index contributed by atoms with van der Waals surface area (Å²) in [7, 11) is 0. The quantitative estimate of drug-likeness (QED) is 0.855. The summed E-state index contributed by atoms with van der Waals surface area (Å²) in [6.45, 7) is 4.20. The van der Waals surface area contributed by atoms with E-state index in [9.17, 15) is 0 Å². The van der Waals surface area contributed by atoms with Gasteiger partial charge in [-0.25, -0.2) is 9.97 Å². The number of nitrogens with two attached hydrogens (primary N) is 1. The molecule has 0 bridgehead atoms. The van der Waals surface area contributed by atoms with Gasteiger partial charge in [0.2, 0.25) is 0 Å². The Balaban J connectivity index is 2.83. The molecule has 1 rings (SSSR count). The largest absolute Gasteiger partial charge is 0.383 e. The Bertz CT molecular complexity index is 289. The van der Waals surface area contributed by atoms with Gasteiger partial charge in [-0.2, -0.15) is 0 Å². The van der Waals surface area contributed by atoms with Gasteiger partial charge in [0.05, 0.1) is 0 Å². The smallest absolute Gasteiger partial charge is 0.146 e. The van der Waals surface area contributed by atoms with Crippen molar-refractivity contribution in [2.75, 3.05) is 11.1 Å². The van der Waals surface area contributed by atoms with Crippen LogP contribution in [0.3, 0.4) is 0 Å². The topological polar surface area (TPSA) is 63.8 Å². The molecule has 0 aliphatic rings. The molecular weight excluding hydrogens is 232 g/mol. The van der Waals surface area contributed by atoms with Crippen LogP contribution < -0.4 is 11.1 Å². The number of nitrogens with zero attached hydrogens (tertiary/aromatic N) is 2. The Kier molecular flexibility index (Phi) is 3.48. The van der Waals surface area contributed by atoms with Gasteiger partial charge in [0.1, 0.15) is 22.4 Å². The number of hydrogen-bond acceptors (Lipinski definition) is 4. The van der Waals surface area contributed by atoms with E-state index in [1.54, 1.807) is 0 Å². The summed E-state index contributed by atoms with van der Waals surface area (Å²) in [6.07, 6.45) is 2.49. The highest BCUT2D eigenvalue weighted by molar-refractivity contribution is 9.10. The Morgan fingerprint density at radius 2 is 2.31 bits per heavy atom. The standard InChI is InChI=1S/C8H13BrN4/c1-3-5(2)13-8-6(9)7(10)11-4-12-8/h4-5H,3H2,1-2H3,(H3,10,11,12,13). The Labute approximate surface area is 86.1 Å². The van der Waals surface area contributed by atoms with Crippen molar-refractivity contribution in [1.29, 1.82) is 0 Å². The lowest BCUT2D eigenvalue weighted by atomic mass is 10.2. The summed E-state index contributed by atoms with van der Waals surface area (Å²) < 4.78 is 0.732.